The molecule has 0 saturated heterocycles. The number of aromatic nitrogens is 1. The number of carboxylic acid groups (broad SMARTS) is 1. The van der Waals surface area contributed by atoms with Crippen molar-refractivity contribution in [1.29, 1.82) is 0 Å². The van der Waals surface area contributed by atoms with Gasteiger partial charge in [0, 0.05) is 16.6 Å². The minimum atomic E-state index is -1.11. The number of carboxylic acids is 1. The summed E-state index contributed by atoms with van der Waals surface area (Å²) in [5, 5.41) is 12.3. The van der Waals surface area contributed by atoms with Crippen LogP contribution >= 0.6 is 0 Å². The molecule has 0 spiro atoms. The van der Waals surface area contributed by atoms with Crippen molar-refractivity contribution in [3.8, 4) is 0 Å². The summed E-state index contributed by atoms with van der Waals surface area (Å²) in [4.78, 5) is 36.9. The number of ether oxygens (including phenoxy) is 2. The summed E-state index contributed by atoms with van der Waals surface area (Å²) in [6, 6.07) is 6.41. The average Bonchev–Trinajstić information content (AvgIpc) is 2.98. The Kier molecular flexibility index (Phi) is 4.65. The number of aromatic carboxylic acids is 1. The molecule has 0 saturated carbocycles. The van der Waals surface area contributed by atoms with E-state index in [1.807, 2.05) is 0 Å². The Bertz CT molecular complexity index is 805. The molecule has 0 aliphatic heterocycles. The zero-order chi connectivity index (χ0) is 17.0. The van der Waals surface area contributed by atoms with Crippen molar-refractivity contribution in [1.82, 2.24) is 4.98 Å². The third kappa shape index (κ3) is 3.49. The summed E-state index contributed by atoms with van der Waals surface area (Å²) in [5.74, 6) is -2.60. The van der Waals surface area contributed by atoms with Gasteiger partial charge in [-0.25, -0.2) is 14.4 Å². The van der Waals surface area contributed by atoms with Gasteiger partial charge in [-0.05, 0) is 18.2 Å². The zero-order valence-electron chi connectivity index (χ0n) is 12.4. The third-order valence-electron chi connectivity index (χ3n) is 3.03. The predicted molar refractivity (Wildman–Crippen MR) is 81.0 cm³/mol. The highest BCUT2D eigenvalue weighted by molar-refractivity contribution is 6.03. The van der Waals surface area contributed by atoms with Gasteiger partial charge >= 0.3 is 17.9 Å². The molecule has 0 atom stereocenters. The Morgan fingerprint density at radius 3 is 2.57 bits per heavy atom. The summed E-state index contributed by atoms with van der Waals surface area (Å²) in [5.41, 5.74) is 0.872. The third-order valence-corrected chi connectivity index (χ3v) is 3.03. The van der Waals surface area contributed by atoms with Crippen molar-refractivity contribution in [3.63, 3.8) is 0 Å². The Morgan fingerprint density at radius 1 is 1.22 bits per heavy atom. The van der Waals surface area contributed by atoms with Crippen LogP contribution in [-0.2, 0) is 19.1 Å². The lowest BCUT2D eigenvalue weighted by Crippen LogP contribution is -2.15. The minimum absolute atomic E-state index is 0.00538. The van der Waals surface area contributed by atoms with Crippen molar-refractivity contribution in [2.45, 2.75) is 0 Å². The van der Waals surface area contributed by atoms with E-state index < -0.39 is 17.9 Å². The SMILES string of the molecule is COC(=O)/C=C(/Nc1cccc2[nH]c(C(=O)O)cc12)C(=O)OC. The molecular weight excluding hydrogens is 304 g/mol. The maximum atomic E-state index is 11.8. The van der Waals surface area contributed by atoms with Gasteiger partial charge in [0.05, 0.1) is 20.3 Å². The number of aromatic amines is 1. The summed E-state index contributed by atoms with van der Waals surface area (Å²) in [6.07, 6.45) is 0.954. The molecule has 1 aromatic carbocycles. The number of methoxy groups -OCH3 is 2. The number of anilines is 1. The van der Waals surface area contributed by atoms with Crippen LogP contribution < -0.4 is 5.32 Å². The van der Waals surface area contributed by atoms with E-state index in [9.17, 15) is 14.4 Å². The van der Waals surface area contributed by atoms with E-state index in [0.29, 0.717) is 16.6 Å². The molecule has 3 N–H and O–H groups in total. The number of esters is 2. The smallest absolute Gasteiger partial charge is 0.354 e. The maximum Gasteiger partial charge on any atom is 0.354 e. The van der Waals surface area contributed by atoms with E-state index >= 15 is 0 Å². The van der Waals surface area contributed by atoms with E-state index in [1.54, 1.807) is 18.2 Å². The van der Waals surface area contributed by atoms with E-state index in [1.165, 1.54) is 20.3 Å². The van der Waals surface area contributed by atoms with Crippen molar-refractivity contribution in [2.24, 2.45) is 0 Å². The molecule has 0 bridgehead atoms. The molecule has 0 aliphatic rings. The van der Waals surface area contributed by atoms with E-state index in [-0.39, 0.29) is 11.4 Å². The fourth-order valence-electron chi connectivity index (χ4n) is 1.96. The van der Waals surface area contributed by atoms with Crippen LogP contribution in [0.4, 0.5) is 5.69 Å². The molecule has 0 unspecified atom stereocenters. The van der Waals surface area contributed by atoms with Gasteiger partial charge in [0.1, 0.15) is 11.4 Å². The lowest BCUT2D eigenvalue weighted by Gasteiger charge is -2.10. The number of rotatable bonds is 5. The molecule has 0 radical (unpaired) electrons. The lowest BCUT2D eigenvalue weighted by atomic mass is 10.2. The molecule has 120 valence electrons. The van der Waals surface area contributed by atoms with Crippen LogP contribution in [-0.4, -0.2) is 42.2 Å². The van der Waals surface area contributed by atoms with Gasteiger partial charge in [0.25, 0.3) is 0 Å². The molecule has 1 aromatic heterocycles. The summed E-state index contributed by atoms with van der Waals surface area (Å²) >= 11 is 0. The number of nitrogens with one attached hydrogen (secondary N) is 2. The van der Waals surface area contributed by atoms with Crippen LogP contribution in [0.5, 0.6) is 0 Å². The van der Waals surface area contributed by atoms with Gasteiger partial charge in [-0.2, -0.15) is 0 Å². The first-order valence-electron chi connectivity index (χ1n) is 6.46. The molecule has 1 heterocycles. The van der Waals surface area contributed by atoms with Gasteiger partial charge in [0.2, 0.25) is 0 Å². The summed E-state index contributed by atoms with van der Waals surface area (Å²) < 4.78 is 9.10. The Labute approximate surface area is 130 Å². The highest BCUT2D eigenvalue weighted by atomic mass is 16.5. The first-order valence-corrected chi connectivity index (χ1v) is 6.46. The Balaban J connectivity index is 2.45. The van der Waals surface area contributed by atoms with E-state index in [0.717, 1.165) is 6.08 Å². The molecule has 2 rings (SSSR count). The standard InChI is InChI=1S/C15H14N2O6/c1-22-13(18)7-12(15(21)23-2)17-10-5-3-4-9-8(10)6-11(16-9)14(19)20/h3-7,16-17H,1-2H3,(H,19,20)/b12-7+. The van der Waals surface area contributed by atoms with Gasteiger partial charge in [-0.3, -0.25) is 0 Å². The topological polar surface area (TPSA) is 118 Å². The first kappa shape index (κ1) is 16.1. The molecule has 0 aliphatic carbocycles. The van der Waals surface area contributed by atoms with Crippen LogP contribution in [0.2, 0.25) is 0 Å². The van der Waals surface area contributed by atoms with Gasteiger partial charge < -0.3 is 24.9 Å². The van der Waals surface area contributed by atoms with Gasteiger partial charge in [-0.1, -0.05) is 6.07 Å². The molecular formula is C15H14N2O6. The molecule has 23 heavy (non-hydrogen) atoms. The molecule has 0 fully saturated rings. The molecule has 0 amide bonds. The number of hydrogen-bond acceptors (Lipinski definition) is 6. The second-order valence-corrected chi connectivity index (χ2v) is 4.45. The highest BCUT2D eigenvalue weighted by Gasteiger charge is 2.16. The van der Waals surface area contributed by atoms with Crippen molar-refractivity contribution < 1.29 is 29.0 Å². The zero-order valence-corrected chi connectivity index (χ0v) is 12.4. The largest absolute Gasteiger partial charge is 0.477 e. The van der Waals surface area contributed by atoms with Crippen molar-refractivity contribution in [2.75, 3.05) is 19.5 Å². The van der Waals surface area contributed by atoms with Crippen LogP contribution in [0.3, 0.4) is 0 Å². The van der Waals surface area contributed by atoms with Gasteiger partial charge in [0.15, 0.2) is 0 Å². The van der Waals surface area contributed by atoms with Crippen molar-refractivity contribution in [3.05, 3.63) is 41.7 Å². The van der Waals surface area contributed by atoms with E-state index in [2.05, 4.69) is 19.8 Å². The lowest BCUT2D eigenvalue weighted by molar-refractivity contribution is -0.138. The van der Waals surface area contributed by atoms with Gasteiger partial charge in [-0.15, -0.1) is 0 Å². The summed E-state index contributed by atoms with van der Waals surface area (Å²) in [7, 11) is 2.36. The second kappa shape index (κ2) is 6.65. The van der Waals surface area contributed by atoms with Crippen LogP contribution in [0, 0.1) is 0 Å². The normalized spacial score (nSPS) is 11.1. The van der Waals surface area contributed by atoms with Crippen molar-refractivity contribution >= 4 is 34.5 Å². The van der Waals surface area contributed by atoms with E-state index in [4.69, 9.17) is 5.11 Å². The summed E-state index contributed by atoms with van der Waals surface area (Å²) in [6.45, 7) is 0. The highest BCUT2D eigenvalue weighted by Crippen LogP contribution is 2.25. The second-order valence-electron chi connectivity index (χ2n) is 4.45. The van der Waals surface area contributed by atoms with Crippen LogP contribution in [0.1, 0.15) is 10.5 Å². The fourth-order valence-corrected chi connectivity index (χ4v) is 1.96. The quantitative estimate of drug-likeness (QED) is 0.565. The fraction of sp³-hybridized carbons (Fsp3) is 0.133. The number of fused-ring (bicyclic) bond motifs is 1. The predicted octanol–water partition coefficient (Wildman–Crippen LogP) is 1.51. The number of carbonyl (C=O) groups excluding carboxylic acids is 2. The molecule has 8 heteroatoms. The van der Waals surface area contributed by atoms with Crippen LogP contribution in [0.25, 0.3) is 10.9 Å². The monoisotopic (exact) mass is 318 g/mol. The Morgan fingerprint density at radius 2 is 1.96 bits per heavy atom. The first-order chi connectivity index (χ1) is 11.0. The Hall–Kier alpha value is -3.29. The minimum Gasteiger partial charge on any atom is -0.477 e. The number of benzene rings is 1. The van der Waals surface area contributed by atoms with Crippen LogP contribution in [0.15, 0.2) is 36.0 Å². The maximum absolute atomic E-state index is 11.8. The number of H-pyrrole nitrogens is 1. The average molecular weight is 318 g/mol. The number of hydrogen-bond donors (Lipinski definition) is 3. The molecule has 8 nitrogen and oxygen atoms in total. The molecule has 2 aromatic rings. The number of carbonyl (C=O) groups is 3.